The molecule has 0 N–H and O–H groups in total. The van der Waals surface area contributed by atoms with Crippen molar-refractivity contribution in [2.75, 3.05) is 0 Å². The minimum atomic E-state index is -0.172. The van der Waals surface area contributed by atoms with Gasteiger partial charge < -0.3 is 0 Å². The molecular formula is C20H17N7OS3. The molecule has 0 amide bonds. The van der Waals surface area contributed by atoms with E-state index in [9.17, 15) is 4.79 Å². The fraction of sp³-hybridized carbons (Fsp3) is 0.150. The van der Waals surface area contributed by atoms with E-state index in [1.165, 1.54) is 16.4 Å². The van der Waals surface area contributed by atoms with Gasteiger partial charge in [-0.15, -0.1) is 16.4 Å². The largest absolute Gasteiger partial charge is 0.297 e. The number of thiazole rings is 1. The van der Waals surface area contributed by atoms with E-state index < -0.39 is 0 Å². The normalized spacial score (nSPS) is 11.3. The Morgan fingerprint density at radius 2 is 1.97 bits per heavy atom. The molecule has 1 aromatic carbocycles. The van der Waals surface area contributed by atoms with Gasteiger partial charge in [0, 0.05) is 29.1 Å². The van der Waals surface area contributed by atoms with Gasteiger partial charge in [-0.2, -0.15) is 16.0 Å². The van der Waals surface area contributed by atoms with Crippen molar-refractivity contribution in [1.82, 2.24) is 34.6 Å². The summed E-state index contributed by atoms with van der Waals surface area (Å²) >= 11 is 4.73. The molecule has 156 valence electrons. The lowest BCUT2D eigenvalue weighted by atomic mass is 10.3. The fourth-order valence-corrected chi connectivity index (χ4v) is 5.64. The standard InChI is InChI=1S/C20H17N7OS3/c1-13-17(19(28)27(25(13)2)16-6-4-3-5-7-16)26-20(22-23-24-26)31-12-15-11-30-18(21-15)14-8-9-29-10-14/h3-11H,12H2,1-2H3. The molecule has 0 fully saturated rings. The molecule has 4 aromatic heterocycles. The lowest BCUT2D eigenvalue weighted by Gasteiger charge is -2.07. The minimum Gasteiger partial charge on any atom is -0.283 e. The van der Waals surface area contributed by atoms with E-state index in [-0.39, 0.29) is 5.56 Å². The van der Waals surface area contributed by atoms with Crippen molar-refractivity contribution in [1.29, 1.82) is 0 Å². The molecule has 0 unspecified atom stereocenters. The Morgan fingerprint density at radius 1 is 1.13 bits per heavy atom. The van der Waals surface area contributed by atoms with E-state index in [1.807, 2.05) is 59.7 Å². The summed E-state index contributed by atoms with van der Waals surface area (Å²) < 4.78 is 4.96. The van der Waals surface area contributed by atoms with Gasteiger partial charge in [0.25, 0.3) is 5.56 Å². The summed E-state index contributed by atoms with van der Waals surface area (Å²) in [6.07, 6.45) is 0. The Morgan fingerprint density at radius 3 is 2.74 bits per heavy atom. The third kappa shape index (κ3) is 3.64. The lowest BCUT2D eigenvalue weighted by molar-refractivity contribution is 0.630. The minimum absolute atomic E-state index is 0.172. The molecule has 31 heavy (non-hydrogen) atoms. The van der Waals surface area contributed by atoms with Gasteiger partial charge in [-0.3, -0.25) is 9.48 Å². The molecule has 8 nitrogen and oxygen atoms in total. The summed E-state index contributed by atoms with van der Waals surface area (Å²) in [6.45, 7) is 1.89. The smallest absolute Gasteiger partial charge is 0.283 e. The Bertz CT molecular complexity index is 1380. The molecule has 0 spiro atoms. The van der Waals surface area contributed by atoms with Gasteiger partial charge in [-0.1, -0.05) is 30.0 Å². The number of tetrazole rings is 1. The van der Waals surface area contributed by atoms with Crippen LogP contribution in [0.2, 0.25) is 0 Å². The third-order valence-electron chi connectivity index (χ3n) is 4.85. The molecule has 0 radical (unpaired) electrons. The molecule has 0 aliphatic rings. The number of hydrogen-bond donors (Lipinski definition) is 0. The average molecular weight is 468 g/mol. The van der Waals surface area contributed by atoms with E-state index in [0.717, 1.165) is 27.6 Å². The van der Waals surface area contributed by atoms with Crippen LogP contribution in [0.15, 0.2) is 62.5 Å². The molecule has 0 aliphatic carbocycles. The molecular weight excluding hydrogens is 450 g/mol. The van der Waals surface area contributed by atoms with Crippen molar-refractivity contribution in [3.8, 4) is 21.9 Å². The maximum atomic E-state index is 13.3. The summed E-state index contributed by atoms with van der Waals surface area (Å²) in [5.41, 5.74) is 3.92. The van der Waals surface area contributed by atoms with Gasteiger partial charge >= 0.3 is 0 Å². The van der Waals surface area contributed by atoms with Crippen LogP contribution >= 0.6 is 34.4 Å². The number of nitrogens with zero attached hydrogens (tertiary/aromatic N) is 7. The molecule has 0 bridgehead atoms. The van der Waals surface area contributed by atoms with Gasteiger partial charge in [0.15, 0.2) is 5.69 Å². The van der Waals surface area contributed by atoms with E-state index in [4.69, 9.17) is 4.98 Å². The maximum absolute atomic E-state index is 13.3. The van der Waals surface area contributed by atoms with E-state index in [1.54, 1.807) is 27.4 Å². The number of rotatable bonds is 6. The maximum Gasteiger partial charge on any atom is 0.297 e. The highest BCUT2D eigenvalue weighted by molar-refractivity contribution is 7.98. The van der Waals surface area contributed by atoms with Crippen LogP contribution < -0.4 is 5.56 Å². The van der Waals surface area contributed by atoms with Crippen LogP contribution in [0, 0.1) is 6.92 Å². The zero-order valence-corrected chi connectivity index (χ0v) is 19.1. The summed E-state index contributed by atoms with van der Waals surface area (Å²) in [5.74, 6) is 0.611. The van der Waals surface area contributed by atoms with Crippen molar-refractivity contribution in [2.24, 2.45) is 7.05 Å². The van der Waals surface area contributed by atoms with Crippen LogP contribution in [0.4, 0.5) is 0 Å². The van der Waals surface area contributed by atoms with Gasteiger partial charge in [0.1, 0.15) is 5.01 Å². The summed E-state index contributed by atoms with van der Waals surface area (Å²) in [6, 6.07) is 11.6. The Balaban J connectivity index is 1.44. The number of benzene rings is 1. The van der Waals surface area contributed by atoms with Crippen molar-refractivity contribution >= 4 is 34.4 Å². The summed E-state index contributed by atoms with van der Waals surface area (Å²) in [7, 11) is 1.85. The second-order valence-electron chi connectivity index (χ2n) is 6.73. The first kappa shape index (κ1) is 19.9. The van der Waals surface area contributed by atoms with Crippen molar-refractivity contribution < 1.29 is 0 Å². The molecule has 11 heteroatoms. The topological polar surface area (TPSA) is 83.4 Å². The van der Waals surface area contributed by atoms with E-state index in [0.29, 0.717) is 16.6 Å². The molecule has 0 saturated carbocycles. The summed E-state index contributed by atoms with van der Waals surface area (Å²) in [4.78, 5) is 18.0. The van der Waals surface area contributed by atoms with Crippen LogP contribution in [-0.2, 0) is 12.8 Å². The van der Waals surface area contributed by atoms with Gasteiger partial charge in [0.05, 0.1) is 17.1 Å². The monoisotopic (exact) mass is 467 g/mol. The number of thioether (sulfide) groups is 1. The first-order valence-electron chi connectivity index (χ1n) is 9.36. The molecule has 5 aromatic rings. The Labute approximate surface area is 189 Å². The van der Waals surface area contributed by atoms with Crippen LogP contribution in [0.1, 0.15) is 11.4 Å². The summed E-state index contributed by atoms with van der Waals surface area (Å²) in [5, 5.41) is 19.8. The first-order valence-corrected chi connectivity index (χ1v) is 12.2. The number of aromatic nitrogens is 7. The molecule has 4 heterocycles. The second-order valence-corrected chi connectivity index (χ2v) is 9.31. The molecule has 0 atom stereocenters. The van der Waals surface area contributed by atoms with Gasteiger partial charge in [0.2, 0.25) is 5.16 Å². The van der Waals surface area contributed by atoms with Crippen molar-refractivity contribution in [3.05, 3.63) is 74.3 Å². The SMILES string of the molecule is Cc1c(-n2nnnc2SCc2csc(-c3ccsc3)n2)c(=O)n(-c2ccccc2)n1C. The van der Waals surface area contributed by atoms with Crippen LogP contribution in [0.25, 0.3) is 21.9 Å². The lowest BCUT2D eigenvalue weighted by Crippen LogP contribution is -2.22. The predicted molar refractivity (Wildman–Crippen MR) is 123 cm³/mol. The van der Waals surface area contributed by atoms with Gasteiger partial charge in [-0.05, 0) is 40.9 Å². The van der Waals surface area contributed by atoms with Crippen LogP contribution in [-0.4, -0.2) is 34.6 Å². The number of hydrogen-bond acceptors (Lipinski definition) is 8. The molecule has 0 saturated heterocycles. The highest BCUT2D eigenvalue weighted by atomic mass is 32.2. The molecule has 0 aliphatic heterocycles. The molecule has 5 rings (SSSR count). The predicted octanol–water partition coefficient (Wildman–Crippen LogP) is 3.94. The first-order chi connectivity index (χ1) is 15.1. The van der Waals surface area contributed by atoms with Crippen molar-refractivity contribution in [2.45, 2.75) is 17.8 Å². The Kier molecular flexibility index (Phi) is 5.30. The van der Waals surface area contributed by atoms with E-state index >= 15 is 0 Å². The second kappa shape index (κ2) is 8.25. The fourth-order valence-electron chi connectivity index (χ4n) is 3.24. The zero-order chi connectivity index (χ0) is 21.4. The zero-order valence-electron chi connectivity index (χ0n) is 16.7. The van der Waals surface area contributed by atoms with Crippen molar-refractivity contribution in [3.63, 3.8) is 0 Å². The highest BCUT2D eigenvalue weighted by Gasteiger charge is 2.22. The van der Waals surface area contributed by atoms with Crippen LogP contribution in [0.5, 0.6) is 0 Å². The van der Waals surface area contributed by atoms with Crippen LogP contribution in [0.3, 0.4) is 0 Å². The number of para-hydroxylation sites is 1. The Hall–Kier alpha value is -3.02. The average Bonchev–Trinajstić information content (AvgIpc) is 3.56. The highest BCUT2D eigenvalue weighted by Crippen LogP contribution is 2.29. The van der Waals surface area contributed by atoms with Gasteiger partial charge in [-0.25, -0.2) is 9.67 Å². The number of thiophene rings is 1. The quantitative estimate of drug-likeness (QED) is 0.352. The van der Waals surface area contributed by atoms with E-state index in [2.05, 4.69) is 27.0 Å². The third-order valence-corrected chi connectivity index (χ3v) is 7.42.